The molecule has 30 heavy (non-hydrogen) atoms. The fourth-order valence-corrected chi connectivity index (χ4v) is 2.82. The average Bonchev–Trinajstić information content (AvgIpc) is 2.60. The molecule has 0 aliphatic heterocycles. The van der Waals surface area contributed by atoms with Crippen molar-refractivity contribution >= 4 is 69.8 Å². The molecule has 0 saturated heterocycles. The lowest BCUT2D eigenvalue weighted by atomic mass is 9.68. The standard InChI is InChI=1S/C16H20Cl3NO10/c1-6(22)11(27)14(7(2)23,29-9(4)25)15(8(3)24,12(28)10(26)5-21)30-13(20)16(17,18)19/h10,12,20-21,26,28H,5H2,1-4H3/t10-,12-,14+,15+/m1/s1. The predicted octanol–water partition coefficient (Wildman–Crippen LogP) is -0.559. The van der Waals surface area contributed by atoms with E-state index in [1.54, 1.807) is 0 Å². The Morgan fingerprint density at radius 3 is 1.67 bits per heavy atom. The van der Waals surface area contributed by atoms with Crippen LogP contribution in [0.1, 0.15) is 27.7 Å². The van der Waals surface area contributed by atoms with Crippen LogP contribution in [-0.4, -0.2) is 84.1 Å². The van der Waals surface area contributed by atoms with E-state index in [1.807, 2.05) is 0 Å². The van der Waals surface area contributed by atoms with Gasteiger partial charge in [-0.05, 0) is 13.8 Å². The van der Waals surface area contributed by atoms with Crippen molar-refractivity contribution in [1.82, 2.24) is 0 Å². The molecule has 4 N–H and O–H groups in total. The molecular formula is C16H20Cl3NO10. The summed E-state index contributed by atoms with van der Waals surface area (Å²) in [4.78, 5) is 61.9. The molecule has 0 aromatic carbocycles. The van der Waals surface area contributed by atoms with Crippen LogP contribution in [0.15, 0.2) is 0 Å². The normalized spacial score (nSPS) is 17.5. The summed E-state index contributed by atoms with van der Waals surface area (Å²) in [5.41, 5.74) is -7.05. The van der Waals surface area contributed by atoms with Gasteiger partial charge >= 0.3 is 5.97 Å². The number of carbonyl (C=O) groups is 5. The highest BCUT2D eigenvalue weighted by Crippen LogP contribution is 2.41. The molecule has 0 fully saturated rings. The Morgan fingerprint density at radius 1 is 0.933 bits per heavy atom. The number of esters is 1. The summed E-state index contributed by atoms with van der Waals surface area (Å²) in [6.07, 6.45) is -5.05. The van der Waals surface area contributed by atoms with Crippen molar-refractivity contribution in [2.45, 2.75) is 54.9 Å². The van der Waals surface area contributed by atoms with Crippen LogP contribution in [-0.2, 0) is 33.4 Å². The topological polar surface area (TPSA) is 188 Å². The minimum atomic E-state index is -3.55. The van der Waals surface area contributed by atoms with Gasteiger partial charge in [-0.25, -0.2) is 0 Å². The zero-order chi connectivity index (χ0) is 24.2. The first-order valence-electron chi connectivity index (χ1n) is 8.02. The Kier molecular flexibility index (Phi) is 9.57. The van der Waals surface area contributed by atoms with Crippen molar-refractivity contribution < 1.29 is 48.8 Å². The van der Waals surface area contributed by atoms with E-state index in [0.29, 0.717) is 27.7 Å². The molecule has 0 rings (SSSR count). The number of halogens is 3. The van der Waals surface area contributed by atoms with E-state index >= 15 is 0 Å². The van der Waals surface area contributed by atoms with E-state index < -0.39 is 68.8 Å². The van der Waals surface area contributed by atoms with Gasteiger partial charge < -0.3 is 24.8 Å². The van der Waals surface area contributed by atoms with E-state index in [1.165, 1.54) is 0 Å². The largest absolute Gasteiger partial charge is 0.455 e. The van der Waals surface area contributed by atoms with Gasteiger partial charge in [0.1, 0.15) is 12.2 Å². The molecule has 14 heteroatoms. The molecule has 0 aliphatic rings. The lowest BCUT2D eigenvalue weighted by molar-refractivity contribution is -0.222. The van der Waals surface area contributed by atoms with Crippen molar-refractivity contribution in [2.75, 3.05) is 6.61 Å². The molecular weight excluding hydrogens is 473 g/mol. The van der Waals surface area contributed by atoms with E-state index in [9.17, 15) is 39.3 Å². The van der Waals surface area contributed by atoms with E-state index in [4.69, 9.17) is 49.7 Å². The number of Topliss-reactive ketones (excluding diaryl/α,β-unsaturated/α-hetero) is 4. The number of ether oxygens (including phenoxy) is 2. The number of rotatable bonds is 10. The molecule has 0 aromatic rings. The maximum atomic E-state index is 12.8. The monoisotopic (exact) mass is 491 g/mol. The van der Waals surface area contributed by atoms with Crippen molar-refractivity contribution in [1.29, 1.82) is 5.41 Å². The molecule has 0 heterocycles. The van der Waals surface area contributed by atoms with E-state index in [2.05, 4.69) is 0 Å². The third kappa shape index (κ3) is 5.16. The average molecular weight is 493 g/mol. The summed E-state index contributed by atoms with van der Waals surface area (Å²) in [6, 6.07) is 0. The van der Waals surface area contributed by atoms with Crippen molar-refractivity contribution in [2.24, 2.45) is 0 Å². The number of carbonyl (C=O) groups excluding carboxylic acids is 5. The molecule has 0 saturated carbocycles. The van der Waals surface area contributed by atoms with Gasteiger partial charge in [0.25, 0.3) is 15.2 Å². The van der Waals surface area contributed by atoms with Crippen LogP contribution < -0.4 is 0 Å². The number of aliphatic hydroxyl groups is 3. The number of aliphatic hydroxyl groups excluding tert-OH is 3. The fourth-order valence-electron chi connectivity index (χ4n) is 2.71. The van der Waals surface area contributed by atoms with Gasteiger partial charge in [-0.15, -0.1) is 0 Å². The van der Waals surface area contributed by atoms with Crippen LogP contribution in [0.2, 0.25) is 0 Å². The summed E-state index contributed by atoms with van der Waals surface area (Å²) in [6.45, 7) is 1.33. The van der Waals surface area contributed by atoms with Crippen molar-refractivity contribution in [3.05, 3.63) is 0 Å². The summed E-state index contributed by atoms with van der Waals surface area (Å²) < 4.78 is 7.06. The molecule has 0 unspecified atom stereocenters. The zero-order valence-corrected chi connectivity index (χ0v) is 18.5. The SMILES string of the molecule is CC(=O)O[C@@](C(C)=O)(C(=O)C(C)=O)[C@](OC(=N)C(Cl)(Cl)Cl)(C(C)=O)[C@H](O)[C@H](O)CO. The molecule has 0 bridgehead atoms. The van der Waals surface area contributed by atoms with Crippen LogP contribution in [0.25, 0.3) is 0 Å². The molecule has 0 aliphatic carbocycles. The van der Waals surface area contributed by atoms with Crippen molar-refractivity contribution in [3.8, 4) is 0 Å². The number of ketones is 4. The Labute approximate surface area is 185 Å². The fraction of sp³-hybridized carbons (Fsp3) is 0.625. The van der Waals surface area contributed by atoms with Gasteiger partial charge in [-0.2, -0.15) is 0 Å². The van der Waals surface area contributed by atoms with Gasteiger partial charge in [0.05, 0.1) is 6.61 Å². The van der Waals surface area contributed by atoms with Crippen LogP contribution in [0.5, 0.6) is 0 Å². The summed E-state index contributed by atoms with van der Waals surface area (Å²) in [5.74, 6) is -9.10. The minimum absolute atomic E-state index is 0.613. The highest BCUT2D eigenvalue weighted by atomic mass is 35.6. The van der Waals surface area contributed by atoms with Crippen LogP contribution >= 0.6 is 34.8 Å². The number of nitrogens with one attached hydrogen (secondary N) is 1. The molecule has 0 amide bonds. The van der Waals surface area contributed by atoms with Gasteiger partial charge in [-0.3, -0.25) is 29.4 Å². The first-order chi connectivity index (χ1) is 13.4. The first kappa shape index (κ1) is 28.4. The van der Waals surface area contributed by atoms with Crippen LogP contribution in [0, 0.1) is 5.41 Å². The van der Waals surface area contributed by atoms with Gasteiger partial charge in [0.2, 0.25) is 11.5 Å². The molecule has 11 nitrogen and oxygen atoms in total. The second kappa shape index (κ2) is 10.1. The number of hydrogen-bond acceptors (Lipinski definition) is 11. The third-order valence-electron chi connectivity index (χ3n) is 3.97. The molecule has 0 radical (unpaired) electrons. The third-order valence-corrected chi connectivity index (χ3v) is 4.48. The minimum Gasteiger partial charge on any atom is -0.455 e. The Morgan fingerprint density at radius 2 is 1.40 bits per heavy atom. The Balaban J connectivity index is 7.60. The highest BCUT2D eigenvalue weighted by Gasteiger charge is 2.73. The zero-order valence-electron chi connectivity index (χ0n) is 16.2. The van der Waals surface area contributed by atoms with Crippen molar-refractivity contribution in [3.63, 3.8) is 0 Å². The maximum absolute atomic E-state index is 12.8. The lowest BCUT2D eigenvalue weighted by Gasteiger charge is -2.47. The quantitative estimate of drug-likeness (QED) is 0.0768. The summed E-state index contributed by atoms with van der Waals surface area (Å²) in [7, 11) is 0. The highest BCUT2D eigenvalue weighted by molar-refractivity contribution is 6.76. The molecule has 170 valence electrons. The summed E-state index contributed by atoms with van der Waals surface area (Å²) >= 11 is 16.6. The molecule has 0 spiro atoms. The van der Waals surface area contributed by atoms with Crippen LogP contribution in [0.4, 0.5) is 0 Å². The Bertz CT molecular complexity index is 765. The van der Waals surface area contributed by atoms with Crippen LogP contribution in [0.3, 0.4) is 0 Å². The second-order valence-electron chi connectivity index (χ2n) is 6.13. The molecule has 0 aromatic heterocycles. The van der Waals surface area contributed by atoms with E-state index in [-0.39, 0.29) is 0 Å². The predicted molar refractivity (Wildman–Crippen MR) is 102 cm³/mol. The summed E-state index contributed by atoms with van der Waals surface area (Å²) in [5, 5.41) is 37.6. The smallest absolute Gasteiger partial charge is 0.304 e. The van der Waals surface area contributed by atoms with Gasteiger partial charge in [0, 0.05) is 13.8 Å². The van der Waals surface area contributed by atoms with E-state index in [0.717, 1.165) is 0 Å². The molecule has 4 atom stereocenters. The Hall–Kier alpha value is -1.63. The van der Waals surface area contributed by atoms with Gasteiger partial charge in [0.15, 0.2) is 17.3 Å². The first-order valence-corrected chi connectivity index (χ1v) is 9.15. The number of hydrogen-bond donors (Lipinski definition) is 4. The number of alkyl halides is 3. The lowest BCUT2D eigenvalue weighted by Crippen LogP contribution is -2.77. The second-order valence-corrected chi connectivity index (χ2v) is 8.41. The maximum Gasteiger partial charge on any atom is 0.304 e. The van der Waals surface area contributed by atoms with Gasteiger partial charge in [-0.1, -0.05) is 34.8 Å².